The van der Waals surface area contributed by atoms with Gasteiger partial charge in [0, 0.05) is 20.3 Å². The lowest BCUT2D eigenvalue weighted by atomic mass is 10.4. The number of methoxy groups -OCH3 is 1. The molecule has 0 aromatic carbocycles. The first-order valence-corrected chi connectivity index (χ1v) is 4.58. The van der Waals surface area contributed by atoms with Crippen LogP contribution in [0.1, 0.15) is 6.42 Å². The zero-order chi connectivity index (χ0) is 7.94. The van der Waals surface area contributed by atoms with Crippen LogP contribution in [0, 0.1) is 0 Å². The molecule has 0 aliphatic heterocycles. The largest absolute Gasteiger partial charge is 0.385 e. The second-order valence-electron chi connectivity index (χ2n) is 2.25. The van der Waals surface area contributed by atoms with Gasteiger partial charge in [0.1, 0.15) is 0 Å². The quantitative estimate of drug-likeness (QED) is 0.686. The minimum atomic E-state index is 0.832. The Hall–Kier alpha value is -0.540. The molecule has 0 spiro atoms. The molecule has 0 amide bonds. The summed E-state index contributed by atoms with van der Waals surface area (Å²) >= 11 is 1.73. The van der Waals surface area contributed by atoms with Gasteiger partial charge in [-0.15, -0.1) is 11.3 Å². The Kier molecular flexibility index (Phi) is 4.01. The third-order valence-electron chi connectivity index (χ3n) is 1.35. The maximum absolute atomic E-state index is 4.92. The molecule has 0 fully saturated rings. The van der Waals surface area contributed by atoms with Crippen molar-refractivity contribution in [2.45, 2.75) is 6.42 Å². The Morgan fingerprint density at radius 3 is 3.18 bits per heavy atom. The number of anilines is 1. The molecule has 1 aromatic rings. The van der Waals surface area contributed by atoms with Crippen molar-refractivity contribution in [3.05, 3.63) is 17.5 Å². The van der Waals surface area contributed by atoms with Crippen LogP contribution in [0.25, 0.3) is 0 Å². The minimum absolute atomic E-state index is 0.832. The summed E-state index contributed by atoms with van der Waals surface area (Å²) in [6.45, 7) is 1.83. The first-order chi connectivity index (χ1) is 5.43. The molecule has 0 radical (unpaired) electrons. The lowest BCUT2D eigenvalue weighted by molar-refractivity contribution is 0.198. The molecule has 1 heterocycles. The van der Waals surface area contributed by atoms with Crippen LogP contribution in [0.5, 0.6) is 0 Å². The van der Waals surface area contributed by atoms with Gasteiger partial charge in [0.25, 0.3) is 0 Å². The molecule has 11 heavy (non-hydrogen) atoms. The van der Waals surface area contributed by atoms with Crippen LogP contribution in [0.4, 0.5) is 5.00 Å². The van der Waals surface area contributed by atoms with Gasteiger partial charge in [-0.25, -0.2) is 0 Å². The zero-order valence-corrected chi connectivity index (χ0v) is 7.49. The highest BCUT2D eigenvalue weighted by atomic mass is 32.1. The van der Waals surface area contributed by atoms with Crippen molar-refractivity contribution < 1.29 is 4.74 Å². The second-order valence-corrected chi connectivity index (χ2v) is 3.20. The summed E-state index contributed by atoms with van der Waals surface area (Å²) in [4.78, 5) is 0. The van der Waals surface area contributed by atoms with Crippen LogP contribution >= 0.6 is 11.3 Å². The molecule has 1 N–H and O–H groups in total. The summed E-state index contributed by atoms with van der Waals surface area (Å²) in [6.07, 6.45) is 1.06. The van der Waals surface area contributed by atoms with Crippen LogP contribution in [0.15, 0.2) is 17.5 Å². The van der Waals surface area contributed by atoms with Gasteiger partial charge in [-0.2, -0.15) is 0 Å². The van der Waals surface area contributed by atoms with E-state index in [-0.39, 0.29) is 0 Å². The maximum Gasteiger partial charge on any atom is 0.0882 e. The van der Waals surface area contributed by atoms with Crippen molar-refractivity contribution in [3.63, 3.8) is 0 Å². The monoisotopic (exact) mass is 171 g/mol. The fraction of sp³-hybridized carbons (Fsp3) is 0.500. The first-order valence-electron chi connectivity index (χ1n) is 3.70. The molecule has 0 saturated heterocycles. The van der Waals surface area contributed by atoms with E-state index >= 15 is 0 Å². The van der Waals surface area contributed by atoms with Gasteiger partial charge in [0.15, 0.2) is 0 Å². The molecule has 2 nitrogen and oxygen atoms in total. The van der Waals surface area contributed by atoms with Crippen molar-refractivity contribution in [3.8, 4) is 0 Å². The fourth-order valence-electron chi connectivity index (χ4n) is 0.807. The summed E-state index contributed by atoms with van der Waals surface area (Å²) < 4.78 is 4.92. The van der Waals surface area contributed by atoms with Gasteiger partial charge in [-0.1, -0.05) is 0 Å². The first kappa shape index (κ1) is 8.56. The van der Waals surface area contributed by atoms with Gasteiger partial charge >= 0.3 is 0 Å². The molecule has 0 saturated carbocycles. The highest BCUT2D eigenvalue weighted by molar-refractivity contribution is 7.14. The van der Waals surface area contributed by atoms with E-state index in [2.05, 4.69) is 16.8 Å². The molecule has 0 bridgehead atoms. The second kappa shape index (κ2) is 5.16. The Bertz CT molecular complexity index is 174. The molecule has 0 aliphatic carbocycles. The van der Waals surface area contributed by atoms with Crippen LogP contribution in [-0.2, 0) is 4.74 Å². The van der Waals surface area contributed by atoms with Gasteiger partial charge in [-0.3, -0.25) is 0 Å². The average molecular weight is 171 g/mol. The molecular weight excluding hydrogens is 158 g/mol. The molecule has 1 aromatic heterocycles. The van der Waals surface area contributed by atoms with Gasteiger partial charge in [0.2, 0.25) is 0 Å². The highest BCUT2D eigenvalue weighted by Gasteiger charge is 1.89. The zero-order valence-electron chi connectivity index (χ0n) is 6.67. The molecule has 1 rings (SSSR count). The molecular formula is C8H13NOS. The lowest BCUT2D eigenvalue weighted by Gasteiger charge is -2.01. The summed E-state index contributed by atoms with van der Waals surface area (Å²) in [5, 5.41) is 6.60. The predicted octanol–water partition coefficient (Wildman–Crippen LogP) is 2.20. The molecule has 0 atom stereocenters. The van der Waals surface area contributed by atoms with Crippen LogP contribution in [-0.4, -0.2) is 20.3 Å². The van der Waals surface area contributed by atoms with E-state index in [0.717, 1.165) is 19.6 Å². The Morgan fingerprint density at radius 1 is 1.64 bits per heavy atom. The molecule has 0 aliphatic rings. The highest BCUT2D eigenvalue weighted by Crippen LogP contribution is 2.14. The smallest absolute Gasteiger partial charge is 0.0882 e. The lowest BCUT2D eigenvalue weighted by Crippen LogP contribution is -2.02. The van der Waals surface area contributed by atoms with Crippen molar-refractivity contribution in [2.75, 3.05) is 25.6 Å². The van der Waals surface area contributed by atoms with E-state index in [1.54, 1.807) is 18.4 Å². The summed E-state index contributed by atoms with van der Waals surface area (Å²) in [5.41, 5.74) is 0. The van der Waals surface area contributed by atoms with E-state index in [4.69, 9.17) is 4.74 Å². The summed E-state index contributed by atoms with van der Waals surface area (Å²) in [6, 6.07) is 4.13. The number of hydrogen-bond donors (Lipinski definition) is 1. The Labute approximate surface area is 71.2 Å². The molecule has 3 heteroatoms. The predicted molar refractivity (Wildman–Crippen MR) is 49.3 cm³/mol. The van der Waals surface area contributed by atoms with Crippen molar-refractivity contribution in [2.24, 2.45) is 0 Å². The van der Waals surface area contributed by atoms with E-state index in [1.807, 2.05) is 6.07 Å². The maximum atomic E-state index is 4.92. The number of rotatable bonds is 5. The van der Waals surface area contributed by atoms with Crippen molar-refractivity contribution in [1.82, 2.24) is 0 Å². The topological polar surface area (TPSA) is 21.3 Å². The molecule has 62 valence electrons. The van der Waals surface area contributed by atoms with E-state index in [1.165, 1.54) is 5.00 Å². The van der Waals surface area contributed by atoms with E-state index in [0.29, 0.717) is 0 Å². The van der Waals surface area contributed by atoms with Crippen LogP contribution < -0.4 is 5.32 Å². The van der Waals surface area contributed by atoms with E-state index in [9.17, 15) is 0 Å². The third kappa shape index (κ3) is 3.39. The van der Waals surface area contributed by atoms with Gasteiger partial charge < -0.3 is 10.1 Å². The van der Waals surface area contributed by atoms with Crippen molar-refractivity contribution in [1.29, 1.82) is 0 Å². The number of nitrogens with one attached hydrogen (secondary N) is 1. The average Bonchev–Trinajstić information content (AvgIpc) is 2.50. The fourth-order valence-corrected chi connectivity index (χ4v) is 1.45. The van der Waals surface area contributed by atoms with Crippen molar-refractivity contribution >= 4 is 16.3 Å². The number of hydrogen-bond acceptors (Lipinski definition) is 3. The van der Waals surface area contributed by atoms with Crippen LogP contribution in [0.3, 0.4) is 0 Å². The van der Waals surface area contributed by atoms with Gasteiger partial charge in [0.05, 0.1) is 5.00 Å². The van der Waals surface area contributed by atoms with Crippen LogP contribution in [0.2, 0.25) is 0 Å². The summed E-state index contributed by atoms with van der Waals surface area (Å²) in [5.74, 6) is 0. The Balaban J connectivity index is 2.04. The molecule has 0 unspecified atom stereocenters. The number of thiophene rings is 1. The standard InChI is InChI=1S/C8H13NOS/c1-10-6-3-5-9-8-4-2-7-11-8/h2,4,7,9H,3,5-6H2,1H3. The van der Waals surface area contributed by atoms with E-state index < -0.39 is 0 Å². The van der Waals surface area contributed by atoms with Gasteiger partial charge in [-0.05, 0) is 23.9 Å². The summed E-state index contributed by atoms with van der Waals surface area (Å²) in [7, 11) is 1.73. The number of ether oxygens (including phenoxy) is 1. The third-order valence-corrected chi connectivity index (χ3v) is 2.17. The normalized spacial score (nSPS) is 9.91. The SMILES string of the molecule is COCCCNc1cccs1. The minimum Gasteiger partial charge on any atom is -0.385 e. The Morgan fingerprint density at radius 2 is 2.55 bits per heavy atom.